The molecule has 2 aromatic carbocycles. The molecule has 0 aliphatic carbocycles. The molecule has 4 rings (SSSR count). The van der Waals surface area contributed by atoms with E-state index in [2.05, 4.69) is 0 Å². The maximum atomic E-state index is 13.0. The van der Waals surface area contributed by atoms with Gasteiger partial charge in [0.1, 0.15) is 11.1 Å². The van der Waals surface area contributed by atoms with Gasteiger partial charge in [-0.3, -0.25) is 9.48 Å². The average molecular weight is 439 g/mol. The molecule has 8 nitrogen and oxygen atoms in total. The molecule has 0 spiro atoms. The Bertz CT molecular complexity index is 1100. The number of hydrogen-bond acceptors (Lipinski definition) is 4. The lowest BCUT2D eigenvalue weighted by Gasteiger charge is -2.32. The molecule has 0 N–H and O–H groups in total. The van der Waals surface area contributed by atoms with E-state index in [0.717, 1.165) is 30.4 Å². The highest BCUT2D eigenvalue weighted by Crippen LogP contribution is 2.39. The van der Waals surface area contributed by atoms with Crippen molar-refractivity contribution in [1.29, 1.82) is 0 Å². The predicted molar refractivity (Wildman–Crippen MR) is 121 cm³/mol. The highest BCUT2D eigenvalue weighted by molar-refractivity contribution is 6.03. The summed E-state index contributed by atoms with van der Waals surface area (Å²) in [4.78, 5) is 0. The van der Waals surface area contributed by atoms with Crippen LogP contribution in [0, 0.1) is 10.4 Å². The van der Waals surface area contributed by atoms with Gasteiger partial charge in [-0.25, -0.2) is 0 Å². The van der Waals surface area contributed by atoms with Crippen LogP contribution in [-0.2, 0) is 10.4 Å². The molecule has 2 aromatic rings. The number of fused-ring (bicyclic) bond motifs is 1. The van der Waals surface area contributed by atoms with E-state index in [1.807, 2.05) is 12.1 Å². The van der Waals surface area contributed by atoms with Crippen molar-refractivity contribution < 1.29 is 19.9 Å². The molecule has 0 atom stereocenters. The van der Waals surface area contributed by atoms with Crippen molar-refractivity contribution in [2.24, 2.45) is 0 Å². The third-order valence-corrected chi connectivity index (χ3v) is 8.15. The summed E-state index contributed by atoms with van der Waals surface area (Å²) in [6, 6.07) is 10.7. The summed E-state index contributed by atoms with van der Waals surface area (Å²) < 4.78 is 1.56. The van der Waals surface area contributed by atoms with Gasteiger partial charge in [-0.15, -0.1) is 0 Å². The van der Waals surface area contributed by atoms with Gasteiger partial charge in [0.05, 0.1) is 11.1 Å². The summed E-state index contributed by atoms with van der Waals surface area (Å²) in [6.45, 7) is 14.0. The zero-order valence-corrected chi connectivity index (χ0v) is 19.9. The van der Waals surface area contributed by atoms with Gasteiger partial charge in [-0.2, -0.15) is 0 Å². The van der Waals surface area contributed by atoms with Crippen molar-refractivity contribution in [1.82, 2.24) is 10.1 Å². The highest BCUT2D eigenvalue weighted by atomic mass is 16.5. The molecule has 0 bridgehead atoms. The molecule has 170 valence electrons. The minimum absolute atomic E-state index is 0.0546. The quantitative estimate of drug-likeness (QED) is 0.526. The average Bonchev–Trinajstić information content (AvgIpc) is 2.91. The topological polar surface area (TPSA) is 98.4 Å². The molecule has 2 aliphatic rings. The zero-order valence-electron chi connectivity index (χ0n) is 19.9. The molecule has 2 aliphatic heterocycles. The van der Waals surface area contributed by atoms with Gasteiger partial charge >= 0.3 is 11.7 Å². The van der Waals surface area contributed by atoms with Gasteiger partial charge in [0.15, 0.2) is 11.1 Å². The van der Waals surface area contributed by atoms with Crippen molar-refractivity contribution in [3.63, 3.8) is 0 Å². The van der Waals surface area contributed by atoms with E-state index >= 15 is 0 Å². The standard InChI is InChI=1S/C24H30N4O4/c1-21(2)22(3,4)26(30)19(25(21)29)16-11-9-15-10-12-17(14-18(15)13-16)20-27(31)23(5,6)24(7,8)28(20)32/h9-14H,1-8H3. The fourth-order valence-corrected chi connectivity index (χ4v) is 4.21. The van der Waals surface area contributed by atoms with Crippen LogP contribution >= 0.6 is 0 Å². The van der Waals surface area contributed by atoms with Gasteiger partial charge in [0.25, 0.3) is 0 Å². The Morgan fingerprint density at radius 3 is 1.25 bits per heavy atom. The normalized spacial score (nSPS) is 23.6. The fourth-order valence-electron chi connectivity index (χ4n) is 4.21. The van der Waals surface area contributed by atoms with Crippen LogP contribution in [0.5, 0.6) is 0 Å². The molecule has 0 amide bonds. The van der Waals surface area contributed by atoms with Crippen molar-refractivity contribution in [3.05, 3.63) is 57.9 Å². The second-order valence-corrected chi connectivity index (χ2v) is 10.8. The zero-order chi connectivity index (χ0) is 24.0. The summed E-state index contributed by atoms with van der Waals surface area (Å²) in [5.74, 6) is 0.109. The number of hydrogen-bond donors (Lipinski definition) is 0. The van der Waals surface area contributed by atoms with Crippen molar-refractivity contribution in [2.45, 2.75) is 77.5 Å². The van der Waals surface area contributed by atoms with Crippen LogP contribution in [0.15, 0.2) is 36.4 Å². The summed E-state index contributed by atoms with van der Waals surface area (Å²) in [6.07, 6.45) is 0. The van der Waals surface area contributed by atoms with Gasteiger partial charge in [0.2, 0.25) is 0 Å². The second-order valence-electron chi connectivity index (χ2n) is 10.8. The molecule has 2 heterocycles. The van der Waals surface area contributed by atoms with Crippen LogP contribution in [-0.4, -0.2) is 53.4 Å². The van der Waals surface area contributed by atoms with Gasteiger partial charge in [-0.05, 0) is 90.4 Å². The summed E-state index contributed by atoms with van der Waals surface area (Å²) in [5.41, 5.74) is -2.66. The number of nitrogens with zero attached hydrogens (tertiary/aromatic N) is 4. The first-order valence-corrected chi connectivity index (χ1v) is 10.7. The molecule has 0 aromatic heterocycles. The van der Waals surface area contributed by atoms with E-state index in [9.17, 15) is 20.8 Å². The smallest absolute Gasteiger partial charge is 0.316 e. The first-order valence-electron chi connectivity index (χ1n) is 10.7. The van der Waals surface area contributed by atoms with Gasteiger partial charge in [0, 0.05) is 10.4 Å². The SMILES string of the molecule is CC1(C)N([O])C(c2ccc3ccc(C4=[N+]([O-])C(C)(C)C(C)(C)N4[O])cc3c2)=[N+]([O-])C1(C)C. The van der Waals surface area contributed by atoms with Crippen LogP contribution in [0.2, 0.25) is 0 Å². The van der Waals surface area contributed by atoms with E-state index in [0.29, 0.717) is 11.1 Å². The van der Waals surface area contributed by atoms with Crippen LogP contribution in [0.1, 0.15) is 66.5 Å². The van der Waals surface area contributed by atoms with Gasteiger partial charge in [-0.1, -0.05) is 22.3 Å². The molecular weight excluding hydrogens is 408 g/mol. The van der Waals surface area contributed by atoms with E-state index in [4.69, 9.17) is 0 Å². The highest BCUT2D eigenvalue weighted by Gasteiger charge is 2.61. The first kappa shape index (κ1) is 22.4. The largest absolute Gasteiger partial charge is 0.714 e. The molecule has 8 heteroatoms. The second kappa shape index (κ2) is 6.36. The Balaban J connectivity index is 1.86. The van der Waals surface area contributed by atoms with E-state index in [-0.39, 0.29) is 11.7 Å². The summed E-state index contributed by atoms with van der Waals surface area (Å²) >= 11 is 0. The molecule has 0 saturated heterocycles. The van der Waals surface area contributed by atoms with E-state index < -0.39 is 22.2 Å². The Labute approximate surface area is 188 Å². The van der Waals surface area contributed by atoms with Crippen LogP contribution < -0.4 is 0 Å². The molecule has 0 saturated carbocycles. The lowest BCUT2D eigenvalue weighted by molar-refractivity contribution is -0.539. The van der Waals surface area contributed by atoms with Crippen LogP contribution in [0.3, 0.4) is 0 Å². The summed E-state index contributed by atoms with van der Waals surface area (Å²) in [7, 11) is 0. The molecule has 0 fully saturated rings. The van der Waals surface area contributed by atoms with Crippen molar-refractivity contribution in [3.8, 4) is 0 Å². The number of rotatable bonds is 2. The maximum absolute atomic E-state index is 13.0. The minimum atomic E-state index is -0.913. The van der Waals surface area contributed by atoms with Crippen LogP contribution in [0.25, 0.3) is 10.8 Å². The fraction of sp³-hybridized carbons (Fsp3) is 0.500. The summed E-state index contributed by atoms with van der Waals surface area (Å²) in [5, 5.41) is 55.3. The third-order valence-electron chi connectivity index (χ3n) is 8.15. The Kier molecular flexibility index (Phi) is 4.44. The number of benzene rings is 2. The minimum Gasteiger partial charge on any atom is -0.714 e. The Morgan fingerprint density at radius 2 is 0.969 bits per heavy atom. The Morgan fingerprint density at radius 1 is 0.625 bits per heavy atom. The van der Waals surface area contributed by atoms with E-state index in [1.165, 1.54) is 0 Å². The molecule has 0 unspecified atom stereocenters. The monoisotopic (exact) mass is 438 g/mol. The molecular formula is C24H30N4O4. The third kappa shape index (κ3) is 2.56. The van der Waals surface area contributed by atoms with Crippen molar-refractivity contribution in [2.75, 3.05) is 0 Å². The lowest BCUT2D eigenvalue weighted by Crippen LogP contribution is -2.53. The maximum Gasteiger partial charge on any atom is 0.316 e. The predicted octanol–water partition coefficient (Wildman–Crippen LogP) is 3.79. The van der Waals surface area contributed by atoms with Gasteiger partial charge < -0.3 is 10.4 Å². The van der Waals surface area contributed by atoms with Crippen LogP contribution in [0.4, 0.5) is 0 Å². The number of amidine groups is 2. The van der Waals surface area contributed by atoms with E-state index in [1.54, 1.807) is 79.7 Å². The molecule has 2 radical (unpaired) electrons. The van der Waals surface area contributed by atoms with Crippen molar-refractivity contribution >= 4 is 22.4 Å². The molecule has 32 heavy (non-hydrogen) atoms. The lowest BCUT2D eigenvalue weighted by atomic mass is 9.84. The first-order chi connectivity index (χ1) is 14.6. The number of hydroxylamine groups is 6. The Hall–Kier alpha value is -2.84.